The Morgan fingerprint density at radius 2 is 2.00 bits per heavy atom. The standard InChI is InChI=1S/C15H19N3O3/c1-19-12-9-5-8-11(13(12)20-2)14-17-15(21-18-14)16-10-6-3-4-7-10/h5,8-10H,3-4,6-7H2,1-2H3,(H,16,17,18). The Kier molecular flexibility index (Phi) is 3.94. The number of para-hydroxylation sites is 1. The molecule has 1 aliphatic carbocycles. The highest BCUT2D eigenvalue weighted by Crippen LogP contribution is 2.36. The number of hydrogen-bond acceptors (Lipinski definition) is 6. The number of aromatic nitrogens is 2. The number of hydrogen-bond donors (Lipinski definition) is 1. The van der Waals surface area contributed by atoms with Crippen LogP contribution in [0.3, 0.4) is 0 Å². The Morgan fingerprint density at radius 3 is 2.71 bits per heavy atom. The first-order valence-corrected chi connectivity index (χ1v) is 7.13. The summed E-state index contributed by atoms with van der Waals surface area (Å²) in [5.41, 5.74) is 0.750. The summed E-state index contributed by atoms with van der Waals surface area (Å²) in [7, 11) is 3.20. The van der Waals surface area contributed by atoms with Crippen LogP contribution >= 0.6 is 0 Å². The summed E-state index contributed by atoms with van der Waals surface area (Å²) in [6.07, 6.45) is 4.81. The van der Waals surface area contributed by atoms with Crippen LogP contribution in [0.1, 0.15) is 25.7 Å². The van der Waals surface area contributed by atoms with Gasteiger partial charge in [0.05, 0.1) is 19.8 Å². The molecule has 0 atom stereocenters. The van der Waals surface area contributed by atoms with Crippen LogP contribution in [0, 0.1) is 0 Å². The predicted molar refractivity (Wildman–Crippen MR) is 78.7 cm³/mol. The zero-order valence-corrected chi connectivity index (χ0v) is 12.3. The van der Waals surface area contributed by atoms with E-state index in [1.807, 2.05) is 18.2 Å². The van der Waals surface area contributed by atoms with Crippen molar-refractivity contribution in [1.82, 2.24) is 10.1 Å². The molecule has 0 bridgehead atoms. The molecular weight excluding hydrogens is 270 g/mol. The second kappa shape index (κ2) is 6.03. The summed E-state index contributed by atoms with van der Waals surface area (Å²) < 4.78 is 16.0. The van der Waals surface area contributed by atoms with E-state index >= 15 is 0 Å². The van der Waals surface area contributed by atoms with Gasteiger partial charge in [0.2, 0.25) is 5.82 Å². The summed E-state index contributed by atoms with van der Waals surface area (Å²) in [5.74, 6) is 1.74. The van der Waals surface area contributed by atoms with Gasteiger partial charge in [-0.05, 0) is 25.0 Å². The normalized spacial score (nSPS) is 15.1. The van der Waals surface area contributed by atoms with Crippen LogP contribution in [0.5, 0.6) is 11.5 Å². The van der Waals surface area contributed by atoms with E-state index < -0.39 is 0 Å². The molecule has 1 heterocycles. The second-order valence-electron chi connectivity index (χ2n) is 5.09. The van der Waals surface area contributed by atoms with Gasteiger partial charge in [-0.2, -0.15) is 4.98 Å². The van der Waals surface area contributed by atoms with Crippen LogP contribution in [0.25, 0.3) is 11.4 Å². The molecule has 6 nitrogen and oxygen atoms in total. The molecule has 0 saturated heterocycles. The zero-order chi connectivity index (χ0) is 14.7. The Bertz CT molecular complexity index is 606. The van der Waals surface area contributed by atoms with Crippen LogP contribution < -0.4 is 14.8 Å². The van der Waals surface area contributed by atoms with E-state index in [2.05, 4.69) is 15.5 Å². The van der Waals surface area contributed by atoms with Gasteiger partial charge in [-0.15, -0.1) is 0 Å². The molecule has 3 rings (SSSR count). The number of anilines is 1. The maximum Gasteiger partial charge on any atom is 0.322 e. The quantitative estimate of drug-likeness (QED) is 0.912. The number of ether oxygens (including phenoxy) is 2. The van der Waals surface area contributed by atoms with Gasteiger partial charge in [0.15, 0.2) is 11.5 Å². The molecule has 0 unspecified atom stereocenters. The van der Waals surface area contributed by atoms with Crippen molar-refractivity contribution in [1.29, 1.82) is 0 Å². The Morgan fingerprint density at radius 1 is 1.19 bits per heavy atom. The van der Waals surface area contributed by atoms with Gasteiger partial charge in [-0.1, -0.05) is 24.1 Å². The molecule has 1 aromatic heterocycles. The molecule has 2 aromatic rings. The van der Waals surface area contributed by atoms with Crippen molar-refractivity contribution in [2.45, 2.75) is 31.7 Å². The predicted octanol–water partition coefficient (Wildman–Crippen LogP) is 3.11. The number of methoxy groups -OCH3 is 2. The van der Waals surface area contributed by atoms with E-state index in [1.165, 1.54) is 12.8 Å². The highest BCUT2D eigenvalue weighted by atomic mass is 16.5. The van der Waals surface area contributed by atoms with Crippen molar-refractivity contribution >= 4 is 6.01 Å². The highest BCUT2D eigenvalue weighted by molar-refractivity contribution is 5.68. The summed E-state index contributed by atoms with van der Waals surface area (Å²) in [6, 6.07) is 6.48. The minimum atomic E-state index is 0.436. The van der Waals surface area contributed by atoms with Crippen molar-refractivity contribution in [2.24, 2.45) is 0 Å². The summed E-state index contributed by atoms with van der Waals surface area (Å²) in [4.78, 5) is 4.40. The van der Waals surface area contributed by atoms with Crippen molar-refractivity contribution in [3.63, 3.8) is 0 Å². The van der Waals surface area contributed by atoms with Gasteiger partial charge in [0, 0.05) is 6.04 Å². The average molecular weight is 289 g/mol. The first kappa shape index (κ1) is 13.7. The fraction of sp³-hybridized carbons (Fsp3) is 0.467. The third kappa shape index (κ3) is 2.79. The van der Waals surface area contributed by atoms with Crippen LogP contribution in [-0.4, -0.2) is 30.4 Å². The van der Waals surface area contributed by atoms with E-state index in [-0.39, 0.29) is 0 Å². The van der Waals surface area contributed by atoms with Crippen molar-refractivity contribution in [3.8, 4) is 22.9 Å². The molecular formula is C15H19N3O3. The van der Waals surface area contributed by atoms with Crippen molar-refractivity contribution in [2.75, 3.05) is 19.5 Å². The summed E-state index contributed by atoms with van der Waals surface area (Å²) in [6.45, 7) is 0. The third-order valence-corrected chi connectivity index (χ3v) is 3.75. The molecule has 1 N–H and O–H groups in total. The average Bonchev–Trinajstić information content (AvgIpc) is 3.18. The van der Waals surface area contributed by atoms with Gasteiger partial charge in [-0.25, -0.2) is 0 Å². The summed E-state index contributed by atoms with van der Waals surface area (Å²) >= 11 is 0. The molecule has 112 valence electrons. The van der Waals surface area contributed by atoms with Crippen LogP contribution in [0.15, 0.2) is 22.7 Å². The molecule has 1 aliphatic rings. The topological polar surface area (TPSA) is 69.4 Å². The second-order valence-corrected chi connectivity index (χ2v) is 5.09. The lowest BCUT2D eigenvalue weighted by Gasteiger charge is -2.10. The van der Waals surface area contributed by atoms with Crippen LogP contribution in [-0.2, 0) is 0 Å². The van der Waals surface area contributed by atoms with E-state index in [0.29, 0.717) is 29.4 Å². The first-order chi connectivity index (χ1) is 10.3. The molecule has 0 spiro atoms. The molecule has 0 aliphatic heterocycles. The number of rotatable bonds is 5. The minimum Gasteiger partial charge on any atom is -0.493 e. The molecule has 1 saturated carbocycles. The Labute approximate surface area is 123 Å². The molecule has 1 fully saturated rings. The number of nitrogens with one attached hydrogen (secondary N) is 1. The van der Waals surface area contributed by atoms with Gasteiger partial charge in [0.1, 0.15) is 0 Å². The molecule has 21 heavy (non-hydrogen) atoms. The SMILES string of the molecule is COc1cccc(-c2noc(NC3CCCC3)n2)c1OC. The highest BCUT2D eigenvalue weighted by Gasteiger charge is 2.20. The Balaban J connectivity index is 1.85. The fourth-order valence-corrected chi connectivity index (χ4v) is 2.70. The van der Waals surface area contributed by atoms with Crippen LogP contribution in [0.2, 0.25) is 0 Å². The lowest BCUT2D eigenvalue weighted by Crippen LogP contribution is -2.14. The van der Waals surface area contributed by atoms with E-state index in [9.17, 15) is 0 Å². The van der Waals surface area contributed by atoms with Gasteiger partial charge >= 0.3 is 6.01 Å². The van der Waals surface area contributed by atoms with Crippen LogP contribution in [0.4, 0.5) is 6.01 Å². The molecule has 1 aromatic carbocycles. The molecule has 0 radical (unpaired) electrons. The van der Waals surface area contributed by atoms with Gasteiger partial charge in [-0.3, -0.25) is 0 Å². The third-order valence-electron chi connectivity index (χ3n) is 3.75. The molecule has 0 amide bonds. The van der Waals surface area contributed by atoms with E-state index in [4.69, 9.17) is 14.0 Å². The molecule has 6 heteroatoms. The number of benzene rings is 1. The summed E-state index contributed by atoms with van der Waals surface area (Å²) in [5, 5.41) is 7.31. The van der Waals surface area contributed by atoms with Gasteiger partial charge in [0.25, 0.3) is 0 Å². The fourth-order valence-electron chi connectivity index (χ4n) is 2.70. The number of nitrogens with zero attached hydrogens (tertiary/aromatic N) is 2. The van der Waals surface area contributed by atoms with Crippen molar-refractivity contribution in [3.05, 3.63) is 18.2 Å². The lowest BCUT2D eigenvalue weighted by atomic mass is 10.2. The minimum absolute atomic E-state index is 0.436. The van der Waals surface area contributed by atoms with Gasteiger partial charge < -0.3 is 19.3 Å². The van der Waals surface area contributed by atoms with Crippen molar-refractivity contribution < 1.29 is 14.0 Å². The first-order valence-electron chi connectivity index (χ1n) is 7.13. The zero-order valence-electron chi connectivity index (χ0n) is 12.3. The monoisotopic (exact) mass is 289 g/mol. The smallest absolute Gasteiger partial charge is 0.322 e. The van der Waals surface area contributed by atoms with E-state index in [0.717, 1.165) is 18.4 Å². The maximum absolute atomic E-state index is 5.40. The largest absolute Gasteiger partial charge is 0.493 e. The maximum atomic E-state index is 5.40. The Hall–Kier alpha value is -2.24. The lowest BCUT2D eigenvalue weighted by molar-refractivity contribution is 0.355. The van der Waals surface area contributed by atoms with E-state index in [1.54, 1.807) is 14.2 Å².